The molecule has 2 aromatic heterocycles. The van der Waals surface area contributed by atoms with E-state index in [2.05, 4.69) is 31.8 Å². The van der Waals surface area contributed by atoms with Gasteiger partial charge in [0, 0.05) is 0 Å². The fourth-order valence-electron chi connectivity index (χ4n) is 3.35. The summed E-state index contributed by atoms with van der Waals surface area (Å²) in [5.74, 6) is 0. The van der Waals surface area contributed by atoms with Crippen LogP contribution in [-0.4, -0.2) is 26.1 Å². The first-order chi connectivity index (χ1) is 11.2. The van der Waals surface area contributed by atoms with Gasteiger partial charge in [-0.1, -0.05) is 0 Å². The number of hydrogen-bond acceptors (Lipinski definition) is 2. The van der Waals surface area contributed by atoms with Crippen LogP contribution in [-0.2, 0) is 0 Å². The van der Waals surface area contributed by atoms with Crippen LogP contribution in [0.4, 0.5) is 0 Å². The molecule has 0 aliphatic heterocycles. The fraction of sp³-hybridized carbons (Fsp3) is 0.650. The molecule has 23 heavy (non-hydrogen) atoms. The second-order valence-corrected chi connectivity index (χ2v) is 12.0. The average Bonchev–Trinajstić information content (AvgIpc) is 2.99. The summed E-state index contributed by atoms with van der Waals surface area (Å²) in [5, 5.41) is 0. The van der Waals surface area contributed by atoms with Crippen molar-refractivity contribution < 1.29 is 4.42 Å². The maximum atomic E-state index is 5.79. The summed E-state index contributed by atoms with van der Waals surface area (Å²) in [6, 6.07) is 4.02. The Balaban J connectivity index is 2.25. The summed E-state index contributed by atoms with van der Waals surface area (Å²) in [6.45, 7) is 6.97. The van der Waals surface area contributed by atoms with Crippen LogP contribution in [0.15, 0.2) is 29.0 Å². The van der Waals surface area contributed by atoms with Gasteiger partial charge in [0.15, 0.2) is 0 Å². The van der Waals surface area contributed by atoms with Gasteiger partial charge in [0.25, 0.3) is 0 Å². The Morgan fingerprint density at radius 1 is 1.00 bits per heavy atom. The van der Waals surface area contributed by atoms with Crippen LogP contribution in [0.1, 0.15) is 78.6 Å². The first-order valence-electron chi connectivity index (χ1n) is 9.35. The molecule has 0 unspecified atom stereocenters. The van der Waals surface area contributed by atoms with E-state index >= 15 is 0 Å². The molecule has 0 bridgehead atoms. The predicted octanol–water partition coefficient (Wildman–Crippen LogP) is 5.89. The van der Waals surface area contributed by atoms with Gasteiger partial charge >= 0.3 is 152 Å². The molecule has 0 fully saturated rings. The molecule has 0 aliphatic rings. The molecule has 0 aromatic carbocycles. The molecule has 0 amide bonds. The summed E-state index contributed by atoms with van der Waals surface area (Å²) in [4.78, 5) is 4.61. The van der Waals surface area contributed by atoms with Crippen molar-refractivity contribution in [1.82, 2.24) is 4.98 Å². The summed E-state index contributed by atoms with van der Waals surface area (Å²) in [6.07, 6.45) is 16.2. The second-order valence-electron chi connectivity index (χ2n) is 6.72. The molecule has 2 aromatic rings. The number of nitrogens with zero attached hydrogens (tertiary/aromatic N) is 1. The third-order valence-corrected chi connectivity index (χ3v) is 10.2. The first-order valence-corrected chi connectivity index (χ1v) is 12.2. The maximum absolute atomic E-state index is 5.79. The number of furan rings is 1. The van der Waals surface area contributed by atoms with Crippen molar-refractivity contribution in [2.24, 2.45) is 0 Å². The van der Waals surface area contributed by atoms with Crippen LogP contribution in [0.5, 0.6) is 0 Å². The molecule has 2 rings (SSSR count). The van der Waals surface area contributed by atoms with E-state index in [4.69, 9.17) is 4.42 Å². The Kier molecular flexibility index (Phi) is 7.94. The van der Waals surface area contributed by atoms with E-state index in [1.165, 1.54) is 61.4 Å². The van der Waals surface area contributed by atoms with E-state index in [0.29, 0.717) is 3.43 Å². The second kappa shape index (κ2) is 9.70. The Hall–Kier alpha value is -0.511. The van der Waals surface area contributed by atoms with Gasteiger partial charge in [0.1, 0.15) is 0 Å². The van der Waals surface area contributed by atoms with E-state index in [1.54, 1.807) is 0 Å². The normalized spacial score (nSPS) is 12.1. The van der Waals surface area contributed by atoms with Gasteiger partial charge in [-0.2, -0.15) is 0 Å². The van der Waals surface area contributed by atoms with Crippen LogP contribution in [0.3, 0.4) is 0 Å². The van der Waals surface area contributed by atoms with Crippen molar-refractivity contribution in [2.75, 3.05) is 0 Å². The standard InChI is InChI=1S/C13H27.C7H4NO.Sn/c1-4-7-10-13(11-8-5-2)12-9-6-3;1-2-7-6(8-4-1)3-5-9-7;/h4-12H2,1-3H3;1-2,4-5H;. The molecular weight excluding hydrogens is 389 g/mol. The van der Waals surface area contributed by atoms with Crippen molar-refractivity contribution in [3.63, 3.8) is 0 Å². The van der Waals surface area contributed by atoms with Crippen molar-refractivity contribution in [1.29, 1.82) is 0 Å². The van der Waals surface area contributed by atoms with Gasteiger partial charge in [0.2, 0.25) is 0 Å². The number of hydrogen-bond donors (Lipinski definition) is 0. The zero-order valence-corrected chi connectivity index (χ0v) is 17.9. The molecule has 2 heterocycles. The third-order valence-electron chi connectivity index (χ3n) is 4.76. The number of pyridine rings is 1. The topological polar surface area (TPSA) is 26.0 Å². The molecular formula is C20H31NOSn. The molecule has 2 nitrogen and oxygen atoms in total. The zero-order chi connectivity index (χ0) is 16.5. The van der Waals surface area contributed by atoms with E-state index < -0.39 is 21.1 Å². The summed E-state index contributed by atoms with van der Waals surface area (Å²) < 4.78 is 7.86. The van der Waals surface area contributed by atoms with Crippen LogP contribution < -0.4 is 3.58 Å². The monoisotopic (exact) mass is 421 g/mol. The van der Waals surface area contributed by atoms with Crippen LogP contribution in [0.2, 0.25) is 3.43 Å². The first kappa shape index (κ1) is 18.8. The molecule has 2 radical (unpaired) electrons. The Labute approximate surface area is 151 Å². The van der Waals surface area contributed by atoms with E-state index in [0.717, 1.165) is 11.1 Å². The minimum absolute atomic E-state index is 0.597. The SMILES string of the molecule is CCCC[C](CCCC)(CCCC)[Sn][c]1coc2cccnc12. The molecule has 0 saturated carbocycles. The van der Waals surface area contributed by atoms with E-state index in [-0.39, 0.29) is 0 Å². The van der Waals surface area contributed by atoms with Crippen molar-refractivity contribution >= 4 is 35.8 Å². The molecule has 0 aliphatic carbocycles. The summed E-state index contributed by atoms with van der Waals surface area (Å²) in [7, 11) is 0. The predicted molar refractivity (Wildman–Crippen MR) is 101 cm³/mol. The number of aromatic nitrogens is 1. The third kappa shape index (κ3) is 5.23. The molecule has 0 atom stereocenters. The van der Waals surface area contributed by atoms with Crippen molar-refractivity contribution in [3.05, 3.63) is 24.6 Å². The molecule has 0 N–H and O–H groups in total. The van der Waals surface area contributed by atoms with Gasteiger partial charge in [-0.25, -0.2) is 0 Å². The average molecular weight is 420 g/mol. The Morgan fingerprint density at radius 2 is 1.61 bits per heavy atom. The van der Waals surface area contributed by atoms with Crippen LogP contribution >= 0.6 is 0 Å². The molecule has 3 heteroatoms. The van der Waals surface area contributed by atoms with E-state index in [9.17, 15) is 0 Å². The van der Waals surface area contributed by atoms with Gasteiger partial charge in [-0.3, -0.25) is 0 Å². The van der Waals surface area contributed by atoms with Gasteiger partial charge in [0.05, 0.1) is 0 Å². The molecule has 0 saturated heterocycles. The summed E-state index contributed by atoms with van der Waals surface area (Å²) >= 11 is -0.742. The van der Waals surface area contributed by atoms with E-state index in [1.807, 2.05) is 18.5 Å². The Bertz CT molecular complexity index is 556. The number of unbranched alkanes of at least 4 members (excludes halogenated alkanes) is 3. The van der Waals surface area contributed by atoms with Crippen molar-refractivity contribution in [3.8, 4) is 0 Å². The Morgan fingerprint density at radius 3 is 2.17 bits per heavy atom. The van der Waals surface area contributed by atoms with Gasteiger partial charge in [-0.05, 0) is 0 Å². The van der Waals surface area contributed by atoms with Gasteiger partial charge < -0.3 is 0 Å². The van der Waals surface area contributed by atoms with Crippen molar-refractivity contribution in [2.45, 2.75) is 82.0 Å². The minimum atomic E-state index is -0.742. The van der Waals surface area contributed by atoms with Gasteiger partial charge in [-0.15, -0.1) is 0 Å². The molecule has 0 spiro atoms. The summed E-state index contributed by atoms with van der Waals surface area (Å²) in [5.41, 5.74) is 2.12. The quantitative estimate of drug-likeness (QED) is 0.424. The number of rotatable bonds is 11. The van der Waals surface area contributed by atoms with Crippen LogP contribution in [0.25, 0.3) is 11.1 Å². The molecule has 126 valence electrons. The fourth-order valence-corrected chi connectivity index (χ4v) is 8.77. The van der Waals surface area contributed by atoms with Crippen LogP contribution in [0, 0.1) is 0 Å². The number of fused-ring (bicyclic) bond motifs is 1. The zero-order valence-electron chi connectivity index (χ0n) is 15.0.